The van der Waals surface area contributed by atoms with Crippen molar-refractivity contribution >= 4 is 31.0 Å². The molecule has 8 nitrogen and oxygen atoms in total. The summed E-state index contributed by atoms with van der Waals surface area (Å²) < 4.78 is 8.48. The second-order valence-corrected chi connectivity index (χ2v) is 20.0. The third-order valence-corrected chi connectivity index (χ3v) is 15.2. The average molecular weight is 641 g/mol. The van der Waals surface area contributed by atoms with Crippen LogP contribution in [0, 0.1) is 5.41 Å². The zero-order valence-corrected chi connectivity index (χ0v) is 30.0. The molecule has 4 aromatic rings. The first kappa shape index (κ1) is 33.7. The van der Waals surface area contributed by atoms with Crippen LogP contribution in [0.25, 0.3) is 16.6 Å². The van der Waals surface area contributed by atoms with E-state index in [1.165, 1.54) is 0 Å². The molecule has 0 amide bonds. The fourth-order valence-electron chi connectivity index (χ4n) is 6.02. The molecule has 1 fully saturated rings. The number of nitrogens with zero attached hydrogens (tertiary/aromatic N) is 3. The van der Waals surface area contributed by atoms with Crippen LogP contribution in [0.2, 0.25) is 18.1 Å². The van der Waals surface area contributed by atoms with E-state index in [0.29, 0.717) is 5.84 Å². The second kappa shape index (κ2) is 12.2. The Bertz CT molecular complexity index is 1770. The van der Waals surface area contributed by atoms with E-state index in [9.17, 15) is 5.11 Å². The van der Waals surface area contributed by atoms with Gasteiger partial charge in [-0.25, -0.2) is 9.51 Å². The molecule has 6 N–H and O–H groups in total. The largest absolute Gasteiger partial charge is 0.543 e. The fraction of sp³-hybridized carbons (Fsp3) is 0.459. The summed E-state index contributed by atoms with van der Waals surface area (Å²) in [5.41, 5.74) is 20.5. The van der Waals surface area contributed by atoms with Gasteiger partial charge in [-0.05, 0) is 91.3 Å². The Balaban J connectivity index is 1.59. The van der Waals surface area contributed by atoms with Crippen molar-refractivity contribution in [2.24, 2.45) is 21.9 Å². The summed E-state index contributed by atoms with van der Waals surface area (Å²) in [5, 5.41) is 18.5. The van der Waals surface area contributed by atoms with Gasteiger partial charge in [0.05, 0.1) is 35.3 Å². The molecule has 0 unspecified atom stereocenters. The summed E-state index contributed by atoms with van der Waals surface area (Å²) >= 11 is 0. The highest BCUT2D eigenvalue weighted by molar-refractivity contribution is 6.74. The van der Waals surface area contributed by atoms with Crippen LogP contribution < -0.4 is 21.2 Å². The van der Waals surface area contributed by atoms with Crippen LogP contribution in [-0.4, -0.2) is 40.5 Å². The number of nitrogens with two attached hydrogens (primary N) is 2. The third kappa shape index (κ3) is 6.33. The lowest BCUT2D eigenvalue weighted by Crippen LogP contribution is -2.51. The van der Waals surface area contributed by atoms with Gasteiger partial charge in [0.15, 0.2) is 0 Å². The van der Waals surface area contributed by atoms with Crippen LogP contribution >= 0.6 is 0 Å². The Morgan fingerprint density at radius 3 is 2.50 bits per heavy atom. The lowest BCUT2D eigenvalue weighted by atomic mass is 9.75. The second-order valence-electron chi connectivity index (χ2n) is 15.2. The molecule has 0 bridgehead atoms. The maximum Gasteiger partial charge on any atom is 0.250 e. The van der Waals surface area contributed by atoms with Crippen LogP contribution in [-0.2, 0) is 13.0 Å². The van der Waals surface area contributed by atoms with Gasteiger partial charge in [0, 0.05) is 28.8 Å². The Labute approximate surface area is 275 Å². The van der Waals surface area contributed by atoms with Crippen molar-refractivity contribution in [2.45, 2.75) is 104 Å². The van der Waals surface area contributed by atoms with Crippen molar-refractivity contribution in [3.8, 4) is 16.9 Å². The Hall–Kier alpha value is -3.66. The van der Waals surface area contributed by atoms with Crippen LogP contribution in [0.5, 0.6) is 5.75 Å². The Kier molecular flexibility index (Phi) is 8.91. The number of fused-ring (bicyclic) bond motifs is 1. The van der Waals surface area contributed by atoms with E-state index < -0.39 is 8.32 Å². The van der Waals surface area contributed by atoms with Crippen LogP contribution in [0.3, 0.4) is 0 Å². The van der Waals surface area contributed by atoms with Gasteiger partial charge in [-0.3, -0.25) is 0 Å². The minimum atomic E-state index is -1.99. The zero-order chi connectivity index (χ0) is 33.7. The molecule has 2 heterocycles. The molecule has 1 aliphatic carbocycles. The molecule has 0 aliphatic heterocycles. The number of anilines is 1. The van der Waals surface area contributed by atoms with Gasteiger partial charge in [-0.2, -0.15) is 5.10 Å². The minimum Gasteiger partial charge on any atom is -0.543 e. The van der Waals surface area contributed by atoms with E-state index in [-0.39, 0.29) is 28.6 Å². The normalized spacial score (nSPS) is 20.3. The Morgan fingerprint density at radius 2 is 1.87 bits per heavy atom. The number of benzene rings is 2. The van der Waals surface area contributed by atoms with E-state index in [4.69, 9.17) is 26.0 Å². The number of aryl methyl sites for hydroxylation is 1. The lowest BCUT2D eigenvalue weighted by Gasteiger charge is -2.39. The highest BCUT2D eigenvalue weighted by atomic mass is 28.4. The van der Waals surface area contributed by atoms with Gasteiger partial charge in [-0.1, -0.05) is 59.7 Å². The minimum absolute atomic E-state index is 0.0127. The molecule has 5 rings (SSSR count). The lowest BCUT2D eigenvalue weighted by molar-refractivity contribution is 0.215. The van der Waals surface area contributed by atoms with Crippen LogP contribution in [0.4, 0.5) is 11.4 Å². The summed E-state index contributed by atoms with van der Waals surface area (Å²) in [4.78, 5) is 4.99. The number of amidine groups is 1. The van der Waals surface area contributed by atoms with Gasteiger partial charge >= 0.3 is 0 Å². The summed E-state index contributed by atoms with van der Waals surface area (Å²) in [6.07, 6.45) is 6.46. The van der Waals surface area contributed by atoms with Crippen LogP contribution in [0.1, 0.15) is 78.0 Å². The van der Waals surface area contributed by atoms with Gasteiger partial charge in [-0.15, -0.1) is 0 Å². The fourth-order valence-corrected chi connectivity index (χ4v) is 7.04. The SMILES string of the molecule is CCc1cc(O[Si](C)(C)C(C)(C)C)ccc1N=C(N)c1cnn2cc(-c3cccc(CO)c3)cc2c1N[C@@H]1CC[C@](C)(N)C1(C)C. The number of aliphatic imine (C=N–C) groups is 1. The molecule has 246 valence electrons. The highest BCUT2D eigenvalue weighted by Crippen LogP contribution is 2.46. The predicted molar refractivity (Wildman–Crippen MR) is 194 cm³/mol. The van der Waals surface area contributed by atoms with Crippen molar-refractivity contribution in [3.05, 3.63) is 77.6 Å². The zero-order valence-electron chi connectivity index (χ0n) is 29.0. The number of aliphatic hydroxyl groups excluding tert-OH is 1. The number of rotatable bonds is 9. The van der Waals surface area contributed by atoms with Crippen molar-refractivity contribution in [2.75, 3.05) is 5.32 Å². The third-order valence-electron chi connectivity index (χ3n) is 10.8. The average Bonchev–Trinajstić information content (AvgIpc) is 3.51. The first-order chi connectivity index (χ1) is 21.5. The molecule has 0 saturated heterocycles. The number of aromatic nitrogens is 2. The summed E-state index contributed by atoms with van der Waals surface area (Å²) in [6, 6.07) is 16.3. The number of hydrogen-bond acceptors (Lipinski definition) is 6. The van der Waals surface area contributed by atoms with Gasteiger partial charge in [0.25, 0.3) is 0 Å². The van der Waals surface area contributed by atoms with Crippen molar-refractivity contribution in [1.82, 2.24) is 9.61 Å². The molecule has 0 radical (unpaired) electrons. The van der Waals surface area contributed by atoms with E-state index >= 15 is 0 Å². The van der Waals surface area contributed by atoms with Crippen LogP contribution in [0.15, 0.2) is 65.9 Å². The molecule has 1 saturated carbocycles. The topological polar surface area (TPSA) is 123 Å². The number of nitrogens with one attached hydrogen (secondary N) is 1. The van der Waals surface area contributed by atoms with E-state index in [2.05, 4.69) is 79.0 Å². The first-order valence-corrected chi connectivity index (χ1v) is 19.3. The standard InChI is InChI=1S/C37H52N6O2Si/c1-10-25-19-28(45-46(8,9)35(2,3)4)14-15-30(25)41-34(38)29-21-40-43-22-27(26-13-11-12-24(18-26)23-44)20-31(43)33(29)42-32-16-17-37(7,39)36(32,5)6/h11-15,18-22,32,42,44H,10,16-17,23,39H2,1-9H3,(H2,38,41)/t32-,37+/m1/s1. The summed E-state index contributed by atoms with van der Waals surface area (Å²) in [6.45, 7) is 20.0. The quantitative estimate of drug-likeness (QED) is 0.0841. The molecule has 1 aliphatic rings. The first-order valence-electron chi connectivity index (χ1n) is 16.4. The smallest absolute Gasteiger partial charge is 0.250 e. The van der Waals surface area contributed by atoms with E-state index in [0.717, 1.165) is 69.7 Å². The van der Waals surface area contributed by atoms with Crippen molar-refractivity contribution < 1.29 is 9.53 Å². The van der Waals surface area contributed by atoms with Crippen molar-refractivity contribution in [1.29, 1.82) is 0 Å². The van der Waals surface area contributed by atoms with Crippen molar-refractivity contribution in [3.63, 3.8) is 0 Å². The monoisotopic (exact) mass is 640 g/mol. The van der Waals surface area contributed by atoms with E-state index in [1.807, 2.05) is 47.1 Å². The molecule has 0 spiro atoms. The number of hydrogen-bond donors (Lipinski definition) is 4. The molecule has 2 aromatic carbocycles. The summed E-state index contributed by atoms with van der Waals surface area (Å²) in [5.74, 6) is 1.27. The summed E-state index contributed by atoms with van der Waals surface area (Å²) in [7, 11) is -1.99. The Morgan fingerprint density at radius 1 is 1.13 bits per heavy atom. The van der Waals surface area contributed by atoms with E-state index in [1.54, 1.807) is 6.20 Å². The highest BCUT2D eigenvalue weighted by Gasteiger charge is 2.49. The molecule has 2 aromatic heterocycles. The number of aliphatic hydroxyl groups is 1. The predicted octanol–water partition coefficient (Wildman–Crippen LogP) is 7.79. The molecular formula is C37H52N6O2Si. The maximum atomic E-state index is 9.73. The molecule has 9 heteroatoms. The maximum absolute atomic E-state index is 9.73. The molecule has 2 atom stereocenters. The van der Waals surface area contributed by atoms with Gasteiger partial charge in [0.1, 0.15) is 11.6 Å². The molecule has 46 heavy (non-hydrogen) atoms. The van der Waals surface area contributed by atoms with Gasteiger partial charge < -0.3 is 26.3 Å². The van der Waals surface area contributed by atoms with Gasteiger partial charge in [0.2, 0.25) is 8.32 Å². The molecular weight excluding hydrogens is 589 g/mol.